The largest absolute Gasteiger partial charge is 0.392 e. The molecule has 1 aliphatic heterocycles. The molecule has 0 unspecified atom stereocenters. The summed E-state index contributed by atoms with van der Waals surface area (Å²) in [5.41, 5.74) is 0. The van der Waals surface area contributed by atoms with Crippen LogP contribution in [0, 0.1) is 11.8 Å². The lowest BCUT2D eigenvalue weighted by Gasteiger charge is -2.32. The summed E-state index contributed by atoms with van der Waals surface area (Å²) < 4.78 is 26.2. The maximum absolute atomic E-state index is 12.4. The first-order valence-corrected chi connectivity index (χ1v) is 9.28. The van der Waals surface area contributed by atoms with Crippen molar-refractivity contribution in [2.24, 2.45) is 11.8 Å². The van der Waals surface area contributed by atoms with Gasteiger partial charge in [0.25, 0.3) is 0 Å². The number of β-amino-alcohol motifs (C(OH)–C–C–N with tert-alkyl or cyclic N) is 1. The van der Waals surface area contributed by atoms with Gasteiger partial charge in [0.15, 0.2) is 0 Å². The number of hydrogen-bond acceptors (Lipinski definition) is 3. The van der Waals surface area contributed by atoms with Gasteiger partial charge in [0.05, 0.1) is 11.9 Å². The highest BCUT2D eigenvalue weighted by Gasteiger charge is 2.31. The summed E-state index contributed by atoms with van der Waals surface area (Å²) in [5, 5.41) is 9.61. The molecule has 0 amide bonds. The quantitative estimate of drug-likeness (QED) is 0.861. The Kier molecular flexibility index (Phi) is 5.26. The van der Waals surface area contributed by atoms with Gasteiger partial charge < -0.3 is 5.11 Å². The Balaban J connectivity index is 1.87. The van der Waals surface area contributed by atoms with Gasteiger partial charge in [0.2, 0.25) is 10.0 Å². The standard InChI is InChI=1S/C14H27NO3S/c1-2-12-5-7-13(8-6-12)11-19(17,18)15-9-3-4-14(16)10-15/h12-14,16H,2-11H2,1H3/t12-,13-,14-/m1/s1. The summed E-state index contributed by atoms with van der Waals surface area (Å²) in [7, 11) is -3.17. The molecule has 1 N–H and O–H groups in total. The Morgan fingerprint density at radius 1 is 1.11 bits per heavy atom. The molecular formula is C14H27NO3S. The van der Waals surface area contributed by atoms with Crippen molar-refractivity contribution in [1.29, 1.82) is 0 Å². The van der Waals surface area contributed by atoms with Gasteiger partial charge in [-0.2, -0.15) is 4.31 Å². The number of aliphatic hydroxyl groups is 1. The first-order chi connectivity index (χ1) is 9.01. The van der Waals surface area contributed by atoms with E-state index in [4.69, 9.17) is 0 Å². The van der Waals surface area contributed by atoms with E-state index in [0.717, 1.165) is 31.6 Å². The molecular weight excluding hydrogens is 262 g/mol. The molecule has 4 nitrogen and oxygen atoms in total. The maximum Gasteiger partial charge on any atom is 0.214 e. The molecule has 5 heteroatoms. The van der Waals surface area contributed by atoms with E-state index >= 15 is 0 Å². The number of aliphatic hydroxyl groups excluding tert-OH is 1. The zero-order chi connectivity index (χ0) is 13.9. The van der Waals surface area contributed by atoms with E-state index in [1.165, 1.54) is 23.6 Å². The van der Waals surface area contributed by atoms with Crippen molar-refractivity contribution in [3.63, 3.8) is 0 Å². The summed E-state index contributed by atoms with van der Waals surface area (Å²) in [4.78, 5) is 0. The second kappa shape index (κ2) is 6.55. The van der Waals surface area contributed by atoms with Gasteiger partial charge in [-0.15, -0.1) is 0 Å². The van der Waals surface area contributed by atoms with Gasteiger partial charge in [0, 0.05) is 13.1 Å². The second-order valence-corrected chi connectivity index (χ2v) is 8.24. The summed E-state index contributed by atoms with van der Waals surface area (Å²) in [6.07, 6.45) is 6.72. The second-order valence-electron chi connectivity index (χ2n) is 6.23. The van der Waals surface area contributed by atoms with Crippen molar-refractivity contribution < 1.29 is 13.5 Å². The fourth-order valence-electron chi connectivity index (χ4n) is 3.38. The van der Waals surface area contributed by atoms with E-state index in [-0.39, 0.29) is 5.75 Å². The third-order valence-electron chi connectivity index (χ3n) is 4.74. The molecule has 0 aromatic rings. The molecule has 0 aromatic heterocycles. The van der Waals surface area contributed by atoms with Gasteiger partial charge >= 0.3 is 0 Å². The molecule has 1 heterocycles. The summed E-state index contributed by atoms with van der Waals surface area (Å²) in [5.74, 6) is 1.42. The Hall–Kier alpha value is -0.130. The Morgan fingerprint density at radius 3 is 2.32 bits per heavy atom. The number of hydrogen-bond donors (Lipinski definition) is 1. The minimum absolute atomic E-state index is 0.288. The fourth-order valence-corrected chi connectivity index (χ4v) is 5.33. The predicted octanol–water partition coefficient (Wildman–Crippen LogP) is 1.99. The Morgan fingerprint density at radius 2 is 1.74 bits per heavy atom. The van der Waals surface area contributed by atoms with Crippen molar-refractivity contribution in [2.75, 3.05) is 18.8 Å². The van der Waals surface area contributed by atoms with E-state index in [0.29, 0.717) is 19.0 Å². The normalized spacial score (nSPS) is 34.3. The highest BCUT2D eigenvalue weighted by atomic mass is 32.2. The topological polar surface area (TPSA) is 57.6 Å². The van der Waals surface area contributed by atoms with E-state index < -0.39 is 16.1 Å². The van der Waals surface area contributed by atoms with Crippen LogP contribution in [0.1, 0.15) is 51.9 Å². The molecule has 112 valence electrons. The lowest BCUT2D eigenvalue weighted by atomic mass is 9.82. The van der Waals surface area contributed by atoms with Gasteiger partial charge in [0.1, 0.15) is 0 Å². The molecule has 1 atom stereocenters. The highest BCUT2D eigenvalue weighted by Crippen LogP contribution is 2.32. The average Bonchev–Trinajstić information content (AvgIpc) is 2.39. The fraction of sp³-hybridized carbons (Fsp3) is 1.00. The molecule has 1 aliphatic carbocycles. The first kappa shape index (κ1) is 15.3. The summed E-state index contributed by atoms with van der Waals surface area (Å²) >= 11 is 0. The van der Waals surface area contributed by atoms with Crippen LogP contribution in [0.2, 0.25) is 0 Å². The van der Waals surface area contributed by atoms with Crippen LogP contribution in [-0.2, 0) is 10.0 Å². The van der Waals surface area contributed by atoms with Crippen molar-refractivity contribution in [3.8, 4) is 0 Å². The Labute approximate surface area is 117 Å². The number of sulfonamides is 1. The highest BCUT2D eigenvalue weighted by molar-refractivity contribution is 7.89. The summed E-state index contributed by atoms with van der Waals surface area (Å²) in [6, 6.07) is 0. The maximum atomic E-state index is 12.4. The minimum Gasteiger partial charge on any atom is -0.392 e. The van der Waals surface area contributed by atoms with Crippen LogP contribution in [0.5, 0.6) is 0 Å². The number of rotatable bonds is 4. The zero-order valence-corrected chi connectivity index (χ0v) is 12.7. The van der Waals surface area contributed by atoms with Gasteiger partial charge in [-0.1, -0.05) is 26.2 Å². The van der Waals surface area contributed by atoms with Crippen LogP contribution in [0.15, 0.2) is 0 Å². The molecule has 0 radical (unpaired) electrons. The molecule has 0 bridgehead atoms. The lowest BCUT2D eigenvalue weighted by molar-refractivity contribution is 0.107. The molecule has 19 heavy (non-hydrogen) atoms. The van der Waals surface area contributed by atoms with Crippen LogP contribution in [0.25, 0.3) is 0 Å². The first-order valence-electron chi connectivity index (χ1n) is 7.67. The Bertz CT molecular complexity index is 374. The third-order valence-corrected chi connectivity index (χ3v) is 6.75. The van der Waals surface area contributed by atoms with Gasteiger partial charge in [-0.05, 0) is 37.5 Å². The van der Waals surface area contributed by atoms with Crippen molar-refractivity contribution in [1.82, 2.24) is 4.31 Å². The molecule has 2 aliphatic rings. The minimum atomic E-state index is -3.17. The SMILES string of the molecule is CC[C@H]1CC[C@H](CS(=O)(=O)N2CCC[C@@H](O)C2)CC1. The number of nitrogens with zero attached hydrogens (tertiary/aromatic N) is 1. The van der Waals surface area contributed by atoms with Crippen LogP contribution < -0.4 is 0 Å². The predicted molar refractivity (Wildman–Crippen MR) is 76.3 cm³/mol. The molecule has 0 spiro atoms. The monoisotopic (exact) mass is 289 g/mol. The van der Waals surface area contributed by atoms with Crippen molar-refractivity contribution >= 4 is 10.0 Å². The number of piperidine rings is 1. The van der Waals surface area contributed by atoms with Gasteiger partial charge in [-0.25, -0.2) is 8.42 Å². The molecule has 2 rings (SSSR count). The molecule has 0 aromatic carbocycles. The zero-order valence-electron chi connectivity index (χ0n) is 11.9. The van der Waals surface area contributed by atoms with Crippen LogP contribution in [-0.4, -0.2) is 42.8 Å². The van der Waals surface area contributed by atoms with Crippen LogP contribution in [0.3, 0.4) is 0 Å². The van der Waals surface area contributed by atoms with Crippen molar-refractivity contribution in [3.05, 3.63) is 0 Å². The molecule has 1 saturated carbocycles. The third kappa shape index (κ3) is 4.17. The molecule has 2 fully saturated rings. The van der Waals surface area contributed by atoms with E-state index in [1.54, 1.807) is 0 Å². The average molecular weight is 289 g/mol. The summed E-state index contributed by atoms with van der Waals surface area (Å²) in [6.45, 7) is 3.10. The van der Waals surface area contributed by atoms with E-state index in [1.807, 2.05) is 0 Å². The van der Waals surface area contributed by atoms with Gasteiger partial charge in [-0.3, -0.25) is 0 Å². The van der Waals surface area contributed by atoms with E-state index in [2.05, 4.69) is 6.92 Å². The van der Waals surface area contributed by atoms with Crippen LogP contribution >= 0.6 is 0 Å². The van der Waals surface area contributed by atoms with Crippen molar-refractivity contribution in [2.45, 2.75) is 58.0 Å². The smallest absolute Gasteiger partial charge is 0.214 e. The van der Waals surface area contributed by atoms with E-state index in [9.17, 15) is 13.5 Å². The van der Waals surface area contributed by atoms with Crippen LogP contribution in [0.4, 0.5) is 0 Å². The lowest BCUT2D eigenvalue weighted by Crippen LogP contribution is -2.44. The molecule has 1 saturated heterocycles.